The van der Waals surface area contributed by atoms with Crippen LogP contribution in [0.4, 0.5) is 0 Å². The molecule has 1 rings (SSSR count). The third-order valence-corrected chi connectivity index (χ3v) is 2.64. The fourth-order valence-corrected chi connectivity index (χ4v) is 1.82. The van der Waals surface area contributed by atoms with Gasteiger partial charge in [-0.05, 0) is 36.0 Å². The second-order valence-corrected chi connectivity index (χ2v) is 4.20. The molecule has 0 unspecified atom stereocenters. The summed E-state index contributed by atoms with van der Waals surface area (Å²) >= 11 is 0. The largest absolute Gasteiger partial charge is 0.507 e. The minimum Gasteiger partial charge on any atom is -0.507 e. The zero-order chi connectivity index (χ0) is 10.7. The van der Waals surface area contributed by atoms with E-state index in [0.29, 0.717) is 11.7 Å². The predicted octanol–water partition coefficient (Wildman–Crippen LogP) is 3.78. The molecule has 0 bridgehead atoms. The third-order valence-electron chi connectivity index (χ3n) is 2.64. The summed E-state index contributed by atoms with van der Waals surface area (Å²) in [6.45, 7) is 8.44. The average molecular weight is 192 g/mol. The number of benzene rings is 1. The first-order chi connectivity index (χ1) is 6.57. The number of aromatic hydroxyl groups is 1. The number of hydrogen-bond acceptors (Lipinski definition) is 1. The van der Waals surface area contributed by atoms with E-state index < -0.39 is 0 Å². The second kappa shape index (κ2) is 4.50. The molecule has 1 heteroatoms. The Labute approximate surface area is 86.8 Å². The Bertz CT molecular complexity index is 313. The summed E-state index contributed by atoms with van der Waals surface area (Å²) in [4.78, 5) is 0. The Kier molecular flexibility index (Phi) is 3.56. The first-order valence-corrected chi connectivity index (χ1v) is 5.39. The molecule has 0 heterocycles. The Balaban J connectivity index is 3.22. The van der Waals surface area contributed by atoms with Crippen LogP contribution in [0, 0.1) is 6.92 Å². The Hall–Kier alpha value is -0.980. The van der Waals surface area contributed by atoms with Gasteiger partial charge in [0.05, 0.1) is 0 Å². The molecule has 0 amide bonds. The molecule has 1 N–H and O–H groups in total. The van der Waals surface area contributed by atoms with E-state index in [-0.39, 0.29) is 0 Å². The number of aryl methyl sites for hydroxylation is 1. The molecule has 0 fully saturated rings. The third kappa shape index (κ3) is 2.09. The molecule has 0 aliphatic heterocycles. The SMILES string of the molecule is CCCc1c(C(C)C)ccc(C)c1O. The van der Waals surface area contributed by atoms with Gasteiger partial charge in [0.15, 0.2) is 0 Å². The van der Waals surface area contributed by atoms with Crippen molar-refractivity contribution in [2.75, 3.05) is 0 Å². The van der Waals surface area contributed by atoms with Crippen molar-refractivity contribution in [1.29, 1.82) is 0 Å². The van der Waals surface area contributed by atoms with Gasteiger partial charge in [0.2, 0.25) is 0 Å². The summed E-state index contributed by atoms with van der Waals surface area (Å²) in [5.74, 6) is 0.987. The monoisotopic (exact) mass is 192 g/mol. The van der Waals surface area contributed by atoms with Gasteiger partial charge in [0.25, 0.3) is 0 Å². The van der Waals surface area contributed by atoms with Crippen molar-refractivity contribution in [3.05, 3.63) is 28.8 Å². The van der Waals surface area contributed by atoms with E-state index >= 15 is 0 Å². The van der Waals surface area contributed by atoms with Gasteiger partial charge < -0.3 is 5.11 Å². The van der Waals surface area contributed by atoms with E-state index in [2.05, 4.69) is 26.8 Å². The lowest BCUT2D eigenvalue weighted by atomic mass is 9.92. The van der Waals surface area contributed by atoms with E-state index in [1.807, 2.05) is 13.0 Å². The molecule has 0 saturated carbocycles. The predicted molar refractivity (Wildman–Crippen MR) is 60.9 cm³/mol. The van der Waals surface area contributed by atoms with Gasteiger partial charge in [-0.2, -0.15) is 0 Å². The molecule has 0 radical (unpaired) electrons. The topological polar surface area (TPSA) is 20.2 Å². The molecule has 0 saturated heterocycles. The molecule has 0 spiro atoms. The first kappa shape index (κ1) is 11.1. The van der Waals surface area contributed by atoms with Crippen LogP contribution in [-0.2, 0) is 6.42 Å². The molecular formula is C13H20O. The molecule has 0 aromatic heterocycles. The summed E-state index contributed by atoms with van der Waals surface area (Å²) in [6, 6.07) is 4.15. The molecule has 1 nitrogen and oxygen atoms in total. The zero-order valence-electron chi connectivity index (χ0n) is 9.59. The maximum atomic E-state index is 9.96. The molecular weight excluding hydrogens is 172 g/mol. The maximum absolute atomic E-state index is 9.96. The van der Waals surface area contributed by atoms with Crippen molar-refractivity contribution in [2.24, 2.45) is 0 Å². The Morgan fingerprint density at radius 3 is 2.43 bits per heavy atom. The molecule has 14 heavy (non-hydrogen) atoms. The average Bonchev–Trinajstić information content (AvgIpc) is 2.13. The van der Waals surface area contributed by atoms with Crippen LogP contribution in [0.3, 0.4) is 0 Å². The molecule has 78 valence electrons. The first-order valence-electron chi connectivity index (χ1n) is 5.39. The molecule has 0 atom stereocenters. The van der Waals surface area contributed by atoms with Crippen molar-refractivity contribution >= 4 is 0 Å². The molecule has 0 aliphatic rings. The van der Waals surface area contributed by atoms with Crippen LogP contribution in [0.15, 0.2) is 12.1 Å². The van der Waals surface area contributed by atoms with Crippen LogP contribution < -0.4 is 0 Å². The van der Waals surface area contributed by atoms with Crippen LogP contribution in [0.25, 0.3) is 0 Å². The van der Waals surface area contributed by atoms with E-state index in [1.54, 1.807) is 0 Å². The number of hydrogen-bond donors (Lipinski definition) is 1. The summed E-state index contributed by atoms with van der Waals surface area (Å²) in [5, 5.41) is 9.96. The van der Waals surface area contributed by atoms with Crippen LogP contribution in [0.2, 0.25) is 0 Å². The molecule has 1 aromatic rings. The van der Waals surface area contributed by atoms with Crippen LogP contribution in [0.5, 0.6) is 5.75 Å². The highest BCUT2D eigenvalue weighted by Crippen LogP contribution is 2.30. The smallest absolute Gasteiger partial charge is 0.121 e. The van der Waals surface area contributed by atoms with E-state index in [9.17, 15) is 5.11 Å². The minimum absolute atomic E-state index is 0.489. The summed E-state index contributed by atoms with van der Waals surface area (Å²) < 4.78 is 0. The fourth-order valence-electron chi connectivity index (χ4n) is 1.82. The molecule has 1 aromatic carbocycles. The standard InChI is InChI=1S/C13H20O/c1-5-6-12-11(9(2)3)8-7-10(4)13(12)14/h7-9,14H,5-6H2,1-4H3. The summed E-state index contributed by atoms with van der Waals surface area (Å²) in [6.07, 6.45) is 2.05. The maximum Gasteiger partial charge on any atom is 0.121 e. The van der Waals surface area contributed by atoms with E-state index in [0.717, 1.165) is 24.0 Å². The van der Waals surface area contributed by atoms with Crippen molar-refractivity contribution in [1.82, 2.24) is 0 Å². The second-order valence-electron chi connectivity index (χ2n) is 4.20. The van der Waals surface area contributed by atoms with Gasteiger partial charge in [0, 0.05) is 0 Å². The van der Waals surface area contributed by atoms with Gasteiger partial charge >= 0.3 is 0 Å². The highest BCUT2D eigenvalue weighted by Gasteiger charge is 2.11. The van der Waals surface area contributed by atoms with E-state index in [1.165, 1.54) is 5.56 Å². The van der Waals surface area contributed by atoms with Gasteiger partial charge in [-0.3, -0.25) is 0 Å². The lowest BCUT2D eigenvalue weighted by molar-refractivity contribution is 0.461. The normalized spacial score (nSPS) is 10.9. The Morgan fingerprint density at radius 1 is 1.29 bits per heavy atom. The van der Waals surface area contributed by atoms with Gasteiger partial charge in [0.1, 0.15) is 5.75 Å². The fraction of sp³-hybridized carbons (Fsp3) is 0.538. The van der Waals surface area contributed by atoms with Gasteiger partial charge in [-0.15, -0.1) is 0 Å². The quantitative estimate of drug-likeness (QED) is 0.772. The highest BCUT2D eigenvalue weighted by molar-refractivity contribution is 5.46. The van der Waals surface area contributed by atoms with Crippen LogP contribution >= 0.6 is 0 Å². The van der Waals surface area contributed by atoms with Crippen molar-refractivity contribution in [3.63, 3.8) is 0 Å². The number of rotatable bonds is 3. The lowest BCUT2D eigenvalue weighted by Crippen LogP contribution is -1.98. The molecule has 0 aliphatic carbocycles. The van der Waals surface area contributed by atoms with Crippen molar-refractivity contribution < 1.29 is 5.11 Å². The summed E-state index contributed by atoms with van der Waals surface area (Å²) in [5.41, 5.74) is 3.41. The zero-order valence-corrected chi connectivity index (χ0v) is 9.59. The number of phenolic OH excluding ortho intramolecular Hbond substituents is 1. The summed E-state index contributed by atoms with van der Waals surface area (Å²) in [7, 11) is 0. The van der Waals surface area contributed by atoms with E-state index in [4.69, 9.17) is 0 Å². The number of phenols is 1. The van der Waals surface area contributed by atoms with Crippen molar-refractivity contribution in [3.8, 4) is 5.75 Å². The van der Waals surface area contributed by atoms with Crippen LogP contribution in [0.1, 0.15) is 49.8 Å². The highest BCUT2D eigenvalue weighted by atomic mass is 16.3. The van der Waals surface area contributed by atoms with Crippen molar-refractivity contribution in [2.45, 2.75) is 46.5 Å². The minimum atomic E-state index is 0.489. The van der Waals surface area contributed by atoms with Crippen LogP contribution in [-0.4, -0.2) is 5.11 Å². The van der Waals surface area contributed by atoms with Gasteiger partial charge in [-0.25, -0.2) is 0 Å². The van der Waals surface area contributed by atoms with Gasteiger partial charge in [-0.1, -0.05) is 39.3 Å². The lowest BCUT2D eigenvalue weighted by Gasteiger charge is -2.15. The Morgan fingerprint density at radius 2 is 1.93 bits per heavy atom.